The number of para-hydroxylation sites is 1. The van der Waals surface area contributed by atoms with Crippen molar-refractivity contribution in [1.82, 2.24) is 10.3 Å². The zero-order valence-electron chi connectivity index (χ0n) is 11.3. The van der Waals surface area contributed by atoms with Gasteiger partial charge >= 0.3 is 6.03 Å². The van der Waals surface area contributed by atoms with E-state index in [0.29, 0.717) is 11.2 Å². The lowest BCUT2D eigenvalue weighted by molar-refractivity contribution is 0.250. The van der Waals surface area contributed by atoms with Crippen LogP contribution in [0.5, 0.6) is 0 Å². The first-order valence-corrected chi connectivity index (χ1v) is 6.20. The quantitative estimate of drug-likeness (QED) is 0.724. The third kappa shape index (κ3) is 2.76. The molecule has 2 aromatic rings. The number of rotatable bonds is 2. The molecule has 100 valence electrons. The fourth-order valence-corrected chi connectivity index (χ4v) is 1.92. The third-order valence-electron chi connectivity index (χ3n) is 2.78. The molecule has 1 heterocycles. The Morgan fingerprint density at radius 1 is 1.37 bits per heavy atom. The van der Waals surface area contributed by atoms with E-state index in [0.717, 1.165) is 16.6 Å². The number of amides is 2. The molecule has 0 bridgehead atoms. The minimum Gasteiger partial charge on any atom is -0.397 e. The van der Waals surface area contributed by atoms with Crippen LogP contribution < -0.4 is 16.4 Å². The second-order valence-electron chi connectivity index (χ2n) is 4.81. The number of nitrogen functional groups attached to an aromatic ring is 1. The number of aromatic nitrogens is 1. The fraction of sp³-hybridized carbons (Fsp3) is 0.286. The summed E-state index contributed by atoms with van der Waals surface area (Å²) in [6, 6.07) is 5.40. The predicted octanol–water partition coefficient (Wildman–Crippen LogP) is 2.66. The molecule has 19 heavy (non-hydrogen) atoms. The Morgan fingerprint density at radius 2 is 2.11 bits per heavy atom. The molecule has 0 saturated heterocycles. The smallest absolute Gasteiger partial charge is 0.319 e. The Kier molecular flexibility index (Phi) is 3.55. The van der Waals surface area contributed by atoms with Gasteiger partial charge in [0, 0.05) is 17.6 Å². The zero-order chi connectivity index (χ0) is 14.0. The zero-order valence-corrected chi connectivity index (χ0v) is 11.3. The number of hydrogen-bond acceptors (Lipinski definition) is 3. The molecule has 5 nitrogen and oxygen atoms in total. The normalized spacial score (nSPS) is 10.7. The van der Waals surface area contributed by atoms with E-state index in [4.69, 9.17) is 5.73 Å². The number of hydrogen-bond donors (Lipinski definition) is 3. The van der Waals surface area contributed by atoms with Gasteiger partial charge < -0.3 is 16.4 Å². The summed E-state index contributed by atoms with van der Waals surface area (Å²) >= 11 is 0. The van der Waals surface area contributed by atoms with Gasteiger partial charge in [-0.05, 0) is 32.4 Å². The van der Waals surface area contributed by atoms with Crippen LogP contribution >= 0.6 is 0 Å². The van der Waals surface area contributed by atoms with Crippen molar-refractivity contribution >= 4 is 28.3 Å². The summed E-state index contributed by atoms with van der Waals surface area (Å²) in [5.74, 6) is 0. The highest BCUT2D eigenvalue weighted by atomic mass is 16.2. The Labute approximate surface area is 112 Å². The molecule has 0 unspecified atom stereocenters. The molecule has 5 heteroatoms. The Balaban J connectivity index is 2.44. The molecular weight excluding hydrogens is 240 g/mol. The molecular formula is C14H18N4O. The standard InChI is InChI=1S/C14H18N4O/c1-8(2)17-14(19)18-12-9(3)7-16-13-10(12)5-4-6-11(13)15/h4-8H,15H2,1-3H3,(H2,16,17,18,19). The number of nitrogens with two attached hydrogens (primary N) is 1. The highest BCUT2D eigenvalue weighted by Crippen LogP contribution is 2.28. The first-order chi connectivity index (χ1) is 8.99. The summed E-state index contributed by atoms with van der Waals surface area (Å²) in [6.45, 7) is 5.73. The number of pyridine rings is 1. The van der Waals surface area contributed by atoms with E-state index in [2.05, 4.69) is 15.6 Å². The summed E-state index contributed by atoms with van der Waals surface area (Å²) in [6.07, 6.45) is 1.71. The van der Waals surface area contributed by atoms with Crippen molar-refractivity contribution in [2.45, 2.75) is 26.8 Å². The Hall–Kier alpha value is -2.30. The third-order valence-corrected chi connectivity index (χ3v) is 2.78. The van der Waals surface area contributed by atoms with E-state index in [1.807, 2.05) is 32.9 Å². The highest BCUT2D eigenvalue weighted by Gasteiger charge is 2.11. The molecule has 4 N–H and O–H groups in total. The SMILES string of the molecule is Cc1cnc2c(N)cccc2c1NC(=O)NC(C)C. The average Bonchev–Trinajstić information content (AvgIpc) is 2.32. The fourth-order valence-electron chi connectivity index (χ4n) is 1.92. The van der Waals surface area contributed by atoms with Crippen molar-refractivity contribution in [1.29, 1.82) is 0 Å². The molecule has 0 atom stereocenters. The first kappa shape index (κ1) is 13.1. The molecule has 1 aromatic heterocycles. The lowest BCUT2D eigenvalue weighted by Gasteiger charge is -2.14. The Bertz CT molecular complexity index is 622. The summed E-state index contributed by atoms with van der Waals surface area (Å²) in [4.78, 5) is 16.1. The van der Waals surface area contributed by atoms with E-state index in [9.17, 15) is 4.79 Å². The van der Waals surface area contributed by atoms with Crippen molar-refractivity contribution in [3.05, 3.63) is 30.0 Å². The summed E-state index contributed by atoms with van der Waals surface area (Å²) in [5.41, 5.74) is 8.85. The minimum atomic E-state index is -0.229. The second-order valence-corrected chi connectivity index (χ2v) is 4.81. The monoisotopic (exact) mass is 258 g/mol. The largest absolute Gasteiger partial charge is 0.397 e. The van der Waals surface area contributed by atoms with Crippen LogP contribution in [-0.4, -0.2) is 17.1 Å². The van der Waals surface area contributed by atoms with Crippen LogP contribution in [0.3, 0.4) is 0 Å². The number of carbonyl (C=O) groups is 1. The van der Waals surface area contributed by atoms with Gasteiger partial charge in [0.05, 0.1) is 16.9 Å². The molecule has 0 aliphatic carbocycles. The van der Waals surface area contributed by atoms with Crippen molar-refractivity contribution in [3.63, 3.8) is 0 Å². The molecule has 0 aliphatic rings. The first-order valence-electron chi connectivity index (χ1n) is 6.20. The Morgan fingerprint density at radius 3 is 2.79 bits per heavy atom. The number of nitrogens with zero attached hydrogens (tertiary/aromatic N) is 1. The van der Waals surface area contributed by atoms with Gasteiger partial charge in [-0.3, -0.25) is 4.98 Å². The molecule has 1 aromatic carbocycles. The minimum absolute atomic E-state index is 0.0819. The maximum Gasteiger partial charge on any atom is 0.319 e. The van der Waals surface area contributed by atoms with Gasteiger partial charge in [0.15, 0.2) is 0 Å². The van der Waals surface area contributed by atoms with Crippen molar-refractivity contribution in [2.75, 3.05) is 11.1 Å². The van der Waals surface area contributed by atoms with Crippen molar-refractivity contribution in [3.8, 4) is 0 Å². The van der Waals surface area contributed by atoms with E-state index in [1.54, 1.807) is 12.3 Å². The average molecular weight is 258 g/mol. The van der Waals surface area contributed by atoms with E-state index >= 15 is 0 Å². The molecule has 0 spiro atoms. The summed E-state index contributed by atoms with van der Waals surface area (Å²) < 4.78 is 0. The van der Waals surface area contributed by atoms with Crippen LogP contribution in [-0.2, 0) is 0 Å². The summed E-state index contributed by atoms with van der Waals surface area (Å²) in [5, 5.41) is 6.51. The van der Waals surface area contributed by atoms with Gasteiger partial charge in [0.2, 0.25) is 0 Å². The number of fused-ring (bicyclic) bond motifs is 1. The molecule has 2 amide bonds. The second kappa shape index (κ2) is 5.14. The lowest BCUT2D eigenvalue weighted by Crippen LogP contribution is -2.34. The molecule has 0 saturated carbocycles. The van der Waals surface area contributed by atoms with Crippen LogP contribution in [0.1, 0.15) is 19.4 Å². The van der Waals surface area contributed by atoms with Crippen molar-refractivity contribution < 1.29 is 4.79 Å². The topological polar surface area (TPSA) is 80.0 Å². The maximum atomic E-state index is 11.8. The van der Waals surface area contributed by atoms with Gasteiger partial charge in [-0.2, -0.15) is 0 Å². The van der Waals surface area contributed by atoms with Gasteiger partial charge in [-0.15, -0.1) is 0 Å². The van der Waals surface area contributed by atoms with E-state index < -0.39 is 0 Å². The van der Waals surface area contributed by atoms with Crippen LogP contribution in [0.2, 0.25) is 0 Å². The van der Waals surface area contributed by atoms with Crippen molar-refractivity contribution in [2.24, 2.45) is 0 Å². The molecule has 0 radical (unpaired) electrons. The highest BCUT2D eigenvalue weighted by molar-refractivity contribution is 6.04. The van der Waals surface area contributed by atoms with Crippen LogP contribution in [0.4, 0.5) is 16.2 Å². The number of nitrogens with one attached hydrogen (secondary N) is 2. The summed E-state index contributed by atoms with van der Waals surface area (Å²) in [7, 11) is 0. The van der Waals surface area contributed by atoms with Crippen LogP contribution in [0.25, 0.3) is 10.9 Å². The number of benzene rings is 1. The van der Waals surface area contributed by atoms with Gasteiger partial charge in [0.1, 0.15) is 0 Å². The number of anilines is 2. The number of aryl methyl sites for hydroxylation is 1. The predicted molar refractivity (Wildman–Crippen MR) is 78.2 cm³/mol. The molecule has 0 fully saturated rings. The number of carbonyl (C=O) groups excluding carboxylic acids is 1. The van der Waals surface area contributed by atoms with Gasteiger partial charge in [-0.25, -0.2) is 4.79 Å². The van der Waals surface area contributed by atoms with Gasteiger partial charge in [-0.1, -0.05) is 12.1 Å². The van der Waals surface area contributed by atoms with E-state index in [1.165, 1.54) is 0 Å². The van der Waals surface area contributed by atoms with Gasteiger partial charge in [0.25, 0.3) is 0 Å². The molecule has 2 rings (SSSR count). The van der Waals surface area contributed by atoms with Crippen LogP contribution in [0, 0.1) is 6.92 Å². The lowest BCUT2D eigenvalue weighted by atomic mass is 10.1. The maximum absolute atomic E-state index is 11.8. The number of urea groups is 1. The van der Waals surface area contributed by atoms with E-state index in [-0.39, 0.29) is 12.1 Å². The molecule has 0 aliphatic heterocycles. The van der Waals surface area contributed by atoms with Crippen LogP contribution in [0.15, 0.2) is 24.4 Å².